The number of thioether (sulfide) groups is 1. The molecule has 0 saturated heterocycles. The number of ether oxygens (including phenoxy) is 1. The lowest BCUT2D eigenvalue weighted by Crippen LogP contribution is -2.33. The lowest BCUT2D eigenvalue weighted by molar-refractivity contribution is -0.126. The molecule has 0 N–H and O–H groups in total. The molecule has 1 aromatic carbocycles. The molecular weight excluding hydrogens is 374 g/mol. The zero-order valence-electron chi connectivity index (χ0n) is 16.5. The molecule has 0 saturated carbocycles. The van der Waals surface area contributed by atoms with Crippen molar-refractivity contribution < 1.29 is 13.9 Å². The Morgan fingerprint density at radius 3 is 2.71 bits per heavy atom. The summed E-state index contributed by atoms with van der Waals surface area (Å²) >= 11 is 1.29. The predicted molar refractivity (Wildman–Crippen MR) is 110 cm³/mol. The van der Waals surface area contributed by atoms with Gasteiger partial charge in [0.1, 0.15) is 5.75 Å². The van der Waals surface area contributed by atoms with Crippen LogP contribution < -0.4 is 4.74 Å². The van der Waals surface area contributed by atoms with Crippen molar-refractivity contribution in [3.8, 4) is 17.2 Å². The third-order valence-corrected chi connectivity index (χ3v) is 5.30. The second kappa shape index (κ2) is 10.3. The van der Waals surface area contributed by atoms with Gasteiger partial charge in [0.05, 0.1) is 12.4 Å². The fourth-order valence-corrected chi connectivity index (χ4v) is 3.80. The van der Waals surface area contributed by atoms with Gasteiger partial charge in [-0.05, 0) is 63.3 Å². The van der Waals surface area contributed by atoms with E-state index in [0.717, 1.165) is 43.5 Å². The number of benzene rings is 1. The topological polar surface area (TPSA) is 68.5 Å². The average molecular weight is 402 g/mol. The van der Waals surface area contributed by atoms with Crippen molar-refractivity contribution in [1.29, 1.82) is 0 Å². The molecule has 0 radical (unpaired) electrons. The number of carbonyl (C=O) groups is 1. The van der Waals surface area contributed by atoms with Crippen LogP contribution >= 0.6 is 11.8 Å². The van der Waals surface area contributed by atoms with Crippen molar-refractivity contribution in [1.82, 2.24) is 15.1 Å². The van der Waals surface area contributed by atoms with E-state index < -0.39 is 0 Å². The Morgan fingerprint density at radius 2 is 2.04 bits per heavy atom. The molecule has 0 unspecified atom stereocenters. The van der Waals surface area contributed by atoms with Gasteiger partial charge >= 0.3 is 0 Å². The predicted octanol–water partition coefficient (Wildman–Crippen LogP) is 4.92. The van der Waals surface area contributed by atoms with Gasteiger partial charge in [0.25, 0.3) is 5.22 Å². The van der Waals surface area contributed by atoms with Crippen molar-refractivity contribution in [2.45, 2.75) is 51.2 Å². The maximum Gasteiger partial charge on any atom is 0.277 e. The molecular formula is C21H27N3O3S. The van der Waals surface area contributed by atoms with E-state index in [9.17, 15) is 4.79 Å². The van der Waals surface area contributed by atoms with E-state index in [4.69, 9.17) is 9.15 Å². The van der Waals surface area contributed by atoms with Crippen molar-refractivity contribution in [3.05, 3.63) is 36.0 Å². The van der Waals surface area contributed by atoms with E-state index in [1.54, 1.807) is 0 Å². The van der Waals surface area contributed by atoms with Crippen LogP contribution in [0.5, 0.6) is 5.75 Å². The third-order valence-electron chi connectivity index (χ3n) is 4.50. The summed E-state index contributed by atoms with van der Waals surface area (Å²) in [6.45, 7) is 5.42. The molecule has 1 amide bonds. The van der Waals surface area contributed by atoms with Gasteiger partial charge in [-0.3, -0.25) is 4.79 Å². The highest BCUT2D eigenvalue weighted by molar-refractivity contribution is 7.99. The molecule has 6 nitrogen and oxygen atoms in total. The fourth-order valence-electron chi connectivity index (χ4n) is 3.16. The molecule has 150 valence electrons. The third kappa shape index (κ3) is 5.38. The molecule has 0 aliphatic heterocycles. The quantitative estimate of drug-likeness (QED) is 0.555. The first-order valence-electron chi connectivity index (χ1n) is 9.90. The van der Waals surface area contributed by atoms with Crippen LogP contribution in [0.4, 0.5) is 0 Å². The van der Waals surface area contributed by atoms with Crippen LogP contribution in [0.2, 0.25) is 0 Å². The highest BCUT2D eigenvalue weighted by Crippen LogP contribution is 2.26. The Bertz CT molecular complexity index is 801. The average Bonchev–Trinajstić information content (AvgIpc) is 3.21. The maximum absolute atomic E-state index is 12.7. The first kappa shape index (κ1) is 20.5. The Balaban J connectivity index is 1.59. The zero-order chi connectivity index (χ0) is 19.8. The highest BCUT2D eigenvalue weighted by Gasteiger charge is 2.20. The van der Waals surface area contributed by atoms with Crippen molar-refractivity contribution in [2.75, 3.05) is 18.9 Å². The minimum atomic E-state index is 0.0980. The van der Waals surface area contributed by atoms with Gasteiger partial charge in [-0.25, -0.2) is 0 Å². The summed E-state index contributed by atoms with van der Waals surface area (Å²) < 4.78 is 11.2. The summed E-state index contributed by atoms with van der Waals surface area (Å²) in [4.78, 5) is 14.7. The Morgan fingerprint density at radius 1 is 1.21 bits per heavy atom. The summed E-state index contributed by atoms with van der Waals surface area (Å²) in [6.07, 6.45) is 7.56. The number of hydrogen-bond acceptors (Lipinski definition) is 6. The van der Waals surface area contributed by atoms with Crippen molar-refractivity contribution in [3.63, 3.8) is 0 Å². The van der Waals surface area contributed by atoms with E-state index in [0.29, 0.717) is 23.5 Å². The molecule has 0 atom stereocenters. The molecule has 0 spiro atoms. The Hall–Kier alpha value is -2.28. The van der Waals surface area contributed by atoms with E-state index in [1.807, 2.05) is 36.1 Å². The Kier molecular flexibility index (Phi) is 7.54. The summed E-state index contributed by atoms with van der Waals surface area (Å²) in [6, 6.07) is 7.52. The first-order valence-corrected chi connectivity index (χ1v) is 10.9. The normalized spacial score (nSPS) is 13.9. The fraction of sp³-hybridized carbons (Fsp3) is 0.476. The molecule has 1 aliphatic carbocycles. The molecule has 7 heteroatoms. The minimum absolute atomic E-state index is 0.0980. The van der Waals surface area contributed by atoms with Crippen LogP contribution in [-0.4, -0.2) is 39.9 Å². The second-order valence-corrected chi connectivity index (χ2v) is 7.53. The minimum Gasteiger partial charge on any atom is -0.494 e. The van der Waals surface area contributed by atoms with Crippen molar-refractivity contribution in [2.24, 2.45) is 0 Å². The summed E-state index contributed by atoms with van der Waals surface area (Å²) in [5.74, 6) is 1.64. The number of rotatable bonds is 9. The Labute approximate surface area is 170 Å². The maximum atomic E-state index is 12.7. The van der Waals surface area contributed by atoms with Crippen LogP contribution in [0, 0.1) is 0 Å². The molecule has 1 aromatic heterocycles. The van der Waals surface area contributed by atoms with E-state index in [1.165, 1.54) is 23.9 Å². The molecule has 1 heterocycles. The molecule has 0 bridgehead atoms. The van der Waals surface area contributed by atoms with Gasteiger partial charge in [0.15, 0.2) is 0 Å². The number of allylic oxidation sites excluding steroid dienone is 2. The lowest BCUT2D eigenvalue weighted by Gasteiger charge is -2.27. The van der Waals surface area contributed by atoms with Gasteiger partial charge in [0.2, 0.25) is 11.8 Å². The van der Waals surface area contributed by atoms with E-state index in [-0.39, 0.29) is 5.91 Å². The van der Waals surface area contributed by atoms with Crippen LogP contribution in [0.25, 0.3) is 11.5 Å². The largest absolute Gasteiger partial charge is 0.494 e. The summed E-state index contributed by atoms with van der Waals surface area (Å²) in [5.41, 5.74) is 1.99. The molecule has 1 aliphatic rings. The summed E-state index contributed by atoms with van der Waals surface area (Å²) in [7, 11) is 0. The second-order valence-electron chi connectivity index (χ2n) is 6.61. The standard InChI is InChI=1S/C21H27N3O3S/c1-3-14-24(17-8-6-5-7-9-17)19(25)15-28-21-23-22-20(27-21)16-10-12-18(13-11-16)26-4-2/h8,10-13H,3-7,9,14-15H2,1-2H3. The number of carbonyl (C=O) groups excluding carboxylic acids is 1. The van der Waals surface area contributed by atoms with Gasteiger partial charge < -0.3 is 14.1 Å². The molecule has 0 fully saturated rings. The first-order chi connectivity index (χ1) is 13.7. The number of nitrogens with zero attached hydrogens (tertiary/aromatic N) is 3. The number of aromatic nitrogens is 2. The van der Waals surface area contributed by atoms with Crippen LogP contribution in [0.3, 0.4) is 0 Å². The molecule has 2 aromatic rings. The van der Waals surface area contributed by atoms with Gasteiger partial charge in [-0.15, -0.1) is 10.2 Å². The number of hydrogen-bond donors (Lipinski definition) is 0. The SMILES string of the molecule is CCCN(C(=O)CSc1nnc(-c2ccc(OCC)cc2)o1)C1=CCCCC1. The van der Waals surface area contributed by atoms with Crippen LogP contribution in [0.15, 0.2) is 45.7 Å². The van der Waals surface area contributed by atoms with Crippen LogP contribution in [0.1, 0.15) is 46.0 Å². The van der Waals surface area contributed by atoms with E-state index in [2.05, 4.69) is 23.2 Å². The summed E-state index contributed by atoms with van der Waals surface area (Å²) in [5, 5.41) is 8.58. The zero-order valence-corrected chi connectivity index (χ0v) is 17.3. The highest BCUT2D eigenvalue weighted by atomic mass is 32.2. The van der Waals surface area contributed by atoms with Gasteiger partial charge in [-0.1, -0.05) is 24.8 Å². The van der Waals surface area contributed by atoms with Gasteiger partial charge in [0, 0.05) is 17.8 Å². The molecule has 3 rings (SSSR count). The van der Waals surface area contributed by atoms with Gasteiger partial charge in [-0.2, -0.15) is 0 Å². The van der Waals surface area contributed by atoms with Crippen LogP contribution in [-0.2, 0) is 4.79 Å². The lowest BCUT2D eigenvalue weighted by atomic mass is 10.0. The monoisotopic (exact) mass is 401 g/mol. The van der Waals surface area contributed by atoms with Crippen molar-refractivity contribution >= 4 is 17.7 Å². The van der Waals surface area contributed by atoms with E-state index >= 15 is 0 Å². The molecule has 28 heavy (non-hydrogen) atoms. The number of amides is 1. The smallest absolute Gasteiger partial charge is 0.277 e.